The molecule has 0 amide bonds. The molecule has 0 radical (unpaired) electrons. The van der Waals surface area contributed by atoms with Gasteiger partial charge < -0.3 is 20.7 Å². The first-order chi connectivity index (χ1) is 7.49. The molecule has 1 heterocycles. The van der Waals surface area contributed by atoms with Crippen molar-refractivity contribution in [1.82, 2.24) is 0 Å². The third kappa shape index (κ3) is 2.78. The summed E-state index contributed by atoms with van der Waals surface area (Å²) in [5.74, 6) is 0.307. The number of aliphatic hydroxyl groups is 1. The normalized spacial score (nSPS) is 25.5. The highest BCUT2D eigenvalue weighted by atomic mass is 127. The fourth-order valence-corrected chi connectivity index (χ4v) is 3.45. The first kappa shape index (κ1) is 12.8. The van der Waals surface area contributed by atoms with E-state index in [1.54, 1.807) is 0 Å². The molecule has 1 aromatic rings. The van der Waals surface area contributed by atoms with Crippen LogP contribution < -0.4 is 5.73 Å². The average molecular weight is 447 g/mol. The number of phenols is 1. The van der Waals surface area contributed by atoms with Crippen molar-refractivity contribution in [3.63, 3.8) is 0 Å². The number of hydrogen-bond donors (Lipinski definition) is 3. The van der Waals surface area contributed by atoms with Crippen molar-refractivity contribution in [2.45, 2.75) is 24.9 Å². The van der Waals surface area contributed by atoms with Crippen molar-refractivity contribution in [3.8, 4) is 5.75 Å². The van der Waals surface area contributed by atoms with E-state index in [-0.39, 0.29) is 12.1 Å². The lowest BCUT2D eigenvalue weighted by molar-refractivity contribution is 0.155. The van der Waals surface area contributed by atoms with E-state index < -0.39 is 6.29 Å². The molecule has 4 nitrogen and oxygen atoms in total. The van der Waals surface area contributed by atoms with Crippen LogP contribution in [-0.4, -0.2) is 28.6 Å². The van der Waals surface area contributed by atoms with E-state index in [1.165, 1.54) is 0 Å². The van der Waals surface area contributed by atoms with Crippen LogP contribution >= 0.6 is 45.2 Å². The monoisotopic (exact) mass is 447 g/mol. The number of rotatable bonds is 3. The average Bonchev–Trinajstić information content (AvgIpc) is 2.92. The topological polar surface area (TPSA) is 79.0 Å². The van der Waals surface area contributed by atoms with Gasteiger partial charge in [-0.15, -0.1) is 0 Å². The van der Waals surface area contributed by atoms with Gasteiger partial charge in [0.2, 0.25) is 0 Å². The van der Waals surface area contributed by atoms with Crippen LogP contribution in [0.5, 0.6) is 5.75 Å². The molecule has 88 valence electrons. The molecule has 1 aromatic carbocycles. The standard InChI is InChI=1S/C10H11I2NO3/c11-5-1-4(2-6(12)8(5)14)3-7(13)9-10(15)16-9/h1-2,7,9-10,14-15H,3,13H2/t7-,9?,10?/m0/s1. The van der Waals surface area contributed by atoms with Crippen molar-refractivity contribution in [3.05, 3.63) is 24.8 Å². The van der Waals surface area contributed by atoms with Crippen molar-refractivity contribution in [2.24, 2.45) is 5.73 Å². The van der Waals surface area contributed by atoms with Crippen LogP contribution in [0.1, 0.15) is 5.56 Å². The number of phenolic OH excluding ortho intramolecular Hbond substituents is 1. The maximum absolute atomic E-state index is 9.62. The summed E-state index contributed by atoms with van der Waals surface area (Å²) in [4.78, 5) is 0. The molecule has 4 N–H and O–H groups in total. The van der Waals surface area contributed by atoms with Crippen LogP contribution in [0.15, 0.2) is 12.1 Å². The van der Waals surface area contributed by atoms with Gasteiger partial charge in [-0.1, -0.05) is 0 Å². The molecular formula is C10H11I2NO3. The first-order valence-corrected chi connectivity index (χ1v) is 6.91. The lowest BCUT2D eigenvalue weighted by atomic mass is 10.0. The van der Waals surface area contributed by atoms with Gasteiger partial charge in [0.15, 0.2) is 6.29 Å². The summed E-state index contributed by atoms with van der Waals surface area (Å²) in [5, 5.41) is 18.7. The zero-order valence-corrected chi connectivity index (χ0v) is 12.5. The van der Waals surface area contributed by atoms with Crippen LogP contribution in [0.2, 0.25) is 0 Å². The van der Waals surface area contributed by atoms with Crippen molar-refractivity contribution in [1.29, 1.82) is 0 Å². The second-order valence-electron chi connectivity index (χ2n) is 3.77. The van der Waals surface area contributed by atoms with Gasteiger partial charge in [-0.2, -0.15) is 0 Å². The Morgan fingerprint density at radius 1 is 1.38 bits per heavy atom. The quantitative estimate of drug-likeness (QED) is 0.481. The van der Waals surface area contributed by atoms with Gasteiger partial charge in [0, 0.05) is 6.04 Å². The predicted molar refractivity (Wildman–Crippen MR) is 76.1 cm³/mol. The maximum Gasteiger partial charge on any atom is 0.183 e. The first-order valence-electron chi connectivity index (χ1n) is 4.75. The van der Waals surface area contributed by atoms with Crippen LogP contribution in [0.25, 0.3) is 0 Å². The van der Waals surface area contributed by atoms with E-state index in [0.29, 0.717) is 12.2 Å². The number of epoxide rings is 1. The molecule has 1 saturated heterocycles. The summed E-state index contributed by atoms with van der Waals surface area (Å²) in [6.45, 7) is 0. The molecule has 2 unspecified atom stereocenters. The lowest BCUT2D eigenvalue weighted by Crippen LogP contribution is -2.30. The number of aliphatic hydroxyl groups excluding tert-OH is 1. The Balaban J connectivity index is 2.10. The predicted octanol–water partition coefficient (Wildman–Crippen LogP) is 1.19. The van der Waals surface area contributed by atoms with E-state index >= 15 is 0 Å². The van der Waals surface area contributed by atoms with E-state index in [1.807, 2.05) is 12.1 Å². The fraction of sp³-hybridized carbons (Fsp3) is 0.400. The number of nitrogens with two attached hydrogens (primary N) is 1. The van der Waals surface area contributed by atoms with E-state index in [4.69, 9.17) is 15.6 Å². The van der Waals surface area contributed by atoms with Crippen LogP contribution in [-0.2, 0) is 11.2 Å². The molecule has 0 bridgehead atoms. The Hall–Kier alpha value is 0.360. The number of benzene rings is 1. The molecule has 16 heavy (non-hydrogen) atoms. The van der Waals surface area contributed by atoms with Crippen LogP contribution in [0, 0.1) is 7.14 Å². The SMILES string of the molecule is N[C@@H](Cc1cc(I)c(O)c(I)c1)C1OC1O. The molecule has 0 aliphatic carbocycles. The molecule has 2 rings (SSSR count). The molecule has 1 fully saturated rings. The van der Waals surface area contributed by atoms with Gasteiger partial charge in [-0.05, 0) is 69.3 Å². The van der Waals surface area contributed by atoms with Crippen molar-refractivity contribution in [2.75, 3.05) is 0 Å². The summed E-state index contributed by atoms with van der Waals surface area (Å²) in [6, 6.07) is 3.59. The molecule has 0 aromatic heterocycles. The molecule has 6 heteroatoms. The number of halogens is 2. The number of aromatic hydroxyl groups is 1. The molecule has 1 aliphatic heterocycles. The molecule has 0 saturated carbocycles. The second-order valence-corrected chi connectivity index (χ2v) is 6.09. The van der Waals surface area contributed by atoms with Gasteiger partial charge >= 0.3 is 0 Å². The summed E-state index contributed by atoms with van der Waals surface area (Å²) in [7, 11) is 0. The van der Waals surface area contributed by atoms with Gasteiger partial charge in [0.25, 0.3) is 0 Å². The number of ether oxygens (including phenoxy) is 1. The highest BCUT2D eigenvalue weighted by Gasteiger charge is 2.41. The summed E-state index contributed by atoms with van der Waals surface area (Å²) in [5.41, 5.74) is 6.93. The van der Waals surface area contributed by atoms with E-state index in [0.717, 1.165) is 12.7 Å². The van der Waals surface area contributed by atoms with Gasteiger partial charge in [-0.3, -0.25) is 0 Å². The zero-order valence-electron chi connectivity index (χ0n) is 8.23. The Morgan fingerprint density at radius 3 is 2.31 bits per heavy atom. The Labute approximate surface area is 120 Å². The number of hydrogen-bond acceptors (Lipinski definition) is 4. The molecule has 1 aliphatic rings. The highest BCUT2D eigenvalue weighted by molar-refractivity contribution is 14.1. The largest absolute Gasteiger partial charge is 0.506 e. The van der Waals surface area contributed by atoms with E-state index in [9.17, 15) is 5.11 Å². The van der Waals surface area contributed by atoms with Crippen molar-refractivity contribution >= 4 is 45.2 Å². The van der Waals surface area contributed by atoms with Crippen LogP contribution in [0.3, 0.4) is 0 Å². The van der Waals surface area contributed by atoms with Crippen LogP contribution in [0.4, 0.5) is 0 Å². The Morgan fingerprint density at radius 2 is 1.88 bits per heavy atom. The molecule has 3 atom stereocenters. The Kier molecular flexibility index (Phi) is 3.94. The maximum atomic E-state index is 9.62. The lowest BCUT2D eigenvalue weighted by Gasteiger charge is -2.10. The van der Waals surface area contributed by atoms with Gasteiger partial charge in [0.1, 0.15) is 11.9 Å². The summed E-state index contributed by atoms with van der Waals surface area (Å²) < 4.78 is 6.53. The minimum atomic E-state index is -0.703. The minimum absolute atomic E-state index is 0.203. The fourth-order valence-electron chi connectivity index (χ4n) is 1.55. The smallest absolute Gasteiger partial charge is 0.183 e. The van der Waals surface area contributed by atoms with Crippen molar-refractivity contribution < 1.29 is 14.9 Å². The second kappa shape index (κ2) is 4.92. The third-order valence-corrected chi connectivity index (χ3v) is 4.12. The highest BCUT2D eigenvalue weighted by Crippen LogP contribution is 2.29. The zero-order chi connectivity index (χ0) is 11.9. The van der Waals surface area contributed by atoms with Gasteiger partial charge in [-0.25, -0.2) is 0 Å². The Bertz CT molecular complexity index is 390. The molecule has 0 spiro atoms. The third-order valence-electron chi connectivity index (χ3n) is 2.47. The van der Waals surface area contributed by atoms with Gasteiger partial charge in [0.05, 0.1) is 7.14 Å². The minimum Gasteiger partial charge on any atom is -0.506 e. The summed E-state index contributed by atoms with van der Waals surface area (Å²) >= 11 is 4.17. The van der Waals surface area contributed by atoms with E-state index in [2.05, 4.69) is 45.2 Å². The summed E-state index contributed by atoms with van der Waals surface area (Å²) in [6.07, 6.45) is -0.317. The molecular weight excluding hydrogens is 436 g/mol.